The maximum atomic E-state index is 6.50. The molecule has 0 saturated carbocycles. The lowest BCUT2D eigenvalue weighted by Gasteiger charge is -2.26. The summed E-state index contributed by atoms with van der Waals surface area (Å²) in [6.07, 6.45) is 0. The van der Waals surface area contributed by atoms with Crippen LogP contribution in [0.5, 0.6) is 0 Å². The summed E-state index contributed by atoms with van der Waals surface area (Å²) in [5.41, 5.74) is 17.8. The molecule has 63 heavy (non-hydrogen) atoms. The highest BCUT2D eigenvalue weighted by atomic mass is 16.3. The first-order chi connectivity index (χ1) is 31.2. The van der Waals surface area contributed by atoms with Gasteiger partial charge in [-0.05, 0) is 112 Å². The number of anilines is 3. The molecular weight excluding hydrogens is 765 g/mol. The van der Waals surface area contributed by atoms with Crippen LogP contribution in [0.2, 0.25) is 0 Å². The van der Waals surface area contributed by atoms with E-state index in [-0.39, 0.29) is 0 Å². The average molecular weight is 805 g/mol. The van der Waals surface area contributed by atoms with Gasteiger partial charge in [0.15, 0.2) is 0 Å². The monoisotopic (exact) mass is 804 g/mol. The summed E-state index contributed by atoms with van der Waals surface area (Å²) in [6, 6.07) is 87.0. The second-order valence-corrected chi connectivity index (χ2v) is 16.1. The molecule has 0 aliphatic carbocycles. The van der Waals surface area contributed by atoms with E-state index in [9.17, 15) is 0 Å². The lowest BCUT2D eigenvalue weighted by atomic mass is 9.99. The van der Waals surface area contributed by atoms with Crippen molar-refractivity contribution < 1.29 is 4.42 Å². The zero-order valence-electron chi connectivity index (χ0n) is 34.4. The van der Waals surface area contributed by atoms with Crippen LogP contribution < -0.4 is 4.90 Å². The predicted molar refractivity (Wildman–Crippen MR) is 264 cm³/mol. The molecule has 2 heterocycles. The minimum atomic E-state index is 0.889. The molecule has 0 aliphatic rings. The van der Waals surface area contributed by atoms with Crippen LogP contribution in [0.15, 0.2) is 247 Å². The van der Waals surface area contributed by atoms with E-state index in [1.165, 1.54) is 38.5 Å². The SMILES string of the molecule is c1ccc(-c2cccc(N(c3ccc(-c4cccc(-n5c6ccccc6c6ccccc65)c4)cc3)c3ccc(-c4ccc5oc6c(-c7ccccc7)cccc6c5c4)cc3)c2)cc1. The van der Waals surface area contributed by atoms with E-state index in [1.807, 2.05) is 6.07 Å². The normalized spacial score (nSPS) is 11.5. The van der Waals surface area contributed by atoms with E-state index in [4.69, 9.17) is 4.42 Å². The van der Waals surface area contributed by atoms with Gasteiger partial charge in [-0.1, -0.05) is 170 Å². The van der Waals surface area contributed by atoms with Crippen molar-refractivity contribution in [2.45, 2.75) is 0 Å². The second-order valence-electron chi connectivity index (χ2n) is 16.1. The summed E-state index contributed by atoms with van der Waals surface area (Å²) in [6.45, 7) is 0. The number of furan rings is 1. The lowest BCUT2D eigenvalue weighted by molar-refractivity contribution is 0.670. The third-order valence-corrected chi connectivity index (χ3v) is 12.4. The van der Waals surface area contributed by atoms with Crippen LogP contribution in [0.25, 0.3) is 93.9 Å². The molecule has 0 radical (unpaired) electrons. The van der Waals surface area contributed by atoms with Gasteiger partial charge < -0.3 is 13.9 Å². The predicted octanol–water partition coefficient (Wildman–Crippen LogP) is 16.8. The first kappa shape index (κ1) is 36.5. The van der Waals surface area contributed by atoms with Gasteiger partial charge in [0, 0.05) is 49.9 Å². The largest absolute Gasteiger partial charge is 0.455 e. The molecule has 10 aromatic carbocycles. The number of hydrogen-bond donors (Lipinski definition) is 0. The molecule has 296 valence electrons. The maximum Gasteiger partial charge on any atom is 0.143 e. The van der Waals surface area contributed by atoms with Gasteiger partial charge in [-0.15, -0.1) is 0 Å². The number of para-hydroxylation sites is 3. The minimum absolute atomic E-state index is 0.889. The van der Waals surface area contributed by atoms with Crippen LogP contribution in [0.1, 0.15) is 0 Å². The quantitative estimate of drug-likeness (QED) is 0.153. The van der Waals surface area contributed by atoms with Gasteiger partial charge in [0.2, 0.25) is 0 Å². The van der Waals surface area contributed by atoms with E-state index < -0.39 is 0 Å². The van der Waals surface area contributed by atoms with Gasteiger partial charge in [0.25, 0.3) is 0 Å². The molecule has 0 atom stereocenters. The summed E-state index contributed by atoms with van der Waals surface area (Å²) in [7, 11) is 0. The fourth-order valence-electron chi connectivity index (χ4n) is 9.36. The summed E-state index contributed by atoms with van der Waals surface area (Å²) in [5.74, 6) is 0. The Morgan fingerprint density at radius 2 is 0.794 bits per heavy atom. The highest BCUT2D eigenvalue weighted by molar-refractivity contribution is 6.11. The Morgan fingerprint density at radius 3 is 1.46 bits per heavy atom. The molecule has 0 spiro atoms. The Labute approximate surface area is 366 Å². The Balaban J connectivity index is 0.914. The molecular formula is C60H40N2O. The Kier molecular flexibility index (Phi) is 8.83. The highest BCUT2D eigenvalue weighted by Crippen LogP contribution is 2.41. The van der Waals surface area contributed by atoms with Crippen molar-refractivity contribution in [1.29, 1.82) is 0 Å². The van der Waals surface area contributed by atoms with Gasteiger partial charge in [-0.3, -0.25) is 0 Å². The molecule has 0 saturated heterocycles. The highest BCUT2D eigenvalue weighted by Gasteiger charge is 2.17. The van der Waals surface area contributed by atoms with Crippen LogP contribution in [0.3, 0.4) is 0 Å². The number of nitrogens with zero attached hydrogens (tertiary/aromatic N) is 2. The third kappa shape index (κ3) is 6.46. The molecule has 0 unspecified atom stereocenters. The van der Waals surface area contributed by atoms with Crippen molar-refractivity contribution in [3.63, 3.8) is 0 Å². The molecule has 12 rings (SSSR count). The molecule has 0 fully saturated rings. The number of benzene rings is 10. The van der Waals surface area contributed by atoms with E-state index >= 15 is 0 Å². The van der Waals surface area contributed by atoms with Gasteiger partial charge in [0.05, 0.1) is 11.0 Å². The van der Waals surface area contributed by atoms with Gasteiger partial charge >= 0.3 is 0 Å². The van der Waals surface area contributed by atoms with Gasteiger partial charge in [-0.25, -0.2) is 0 Å². The average Bonchev–Trinajstić information content (AvgIpc) is 3.91. The van der Waals surface area contributed by atoms with E-state index in [0.717, 1.165) is 72.5 Å². The van der Waals surface area contributed by atoms with Crippen LogP contribution in [-0.4, -0.2) is 4.57 Å². The smallest absolute Gasteiger partial charge is 0.143 e. The lowest BCUT2D eigenvalue weighted by Crippen LogP contribution is -2.10. The van der Waals surface area contributed by atoms with E-state index in [0.29, 0.717) is 0 Å². The van der Waals surface area contributed by atoms with E-state index in [1.54, 1.807) is 0 Å². The third-order valence-electron chi connectivity index (χ3n) is 12.4. The standard InChI is InChI=1S/C60H40N2O/c1-3-14-41(15-4-1)45-18-11-20-50(38-45)61(48-33-28-42(29-34-48)46-19-12-21-51(39-46)62-57-26-9-7-22-53(57)54-23-8-10-27-58(54)62)49-35-30-43(31-36-49)47-32-37-59-56(40-47)55-25-13-24-52(60(55)63-59)44-16-5-2-6-17-44/h1-40H. The first-order valence-electron chi connectivity index (χ1n) is 21.5. The summed E-state index contributed by atoms with van der Waals surface area (Å²) < 4.78 is 8.88. The zero-order chi connectivity index (χ0) is 41.7. The fraction of sp³-hybridized carbons (Fsp3) is 0. The topological polar surface area (TPSA) is 21.3 Å². The van der Waals surface area contributed by atoms with E-state index in [2.05, 4.69) is 246 Å². The zero-order valence-corrected chi connectivity index (χ0v) is 34.4. The summed E-state index contributed by atoms with van der Waals surface area (Å²) in [4.78, 5) is 2.35. The van der Waals surface area contributed by atoms with Crippen LogP contribution >= 0.6 is 0 Å². The molecule has 0 N–H and O–H groups in total. The minimum Gasteiger partial charge on any atom is -0.455 e. The van der Waals surface area contributed by atoms with Crippen molar-refractivity contribution in [1.82, 2.24) is 4.57 Å². The fourth-order valence-corrected chi connectivity index (χ4v) is 9.36. The van der Waals surface area contributed by atoms with Crippen molar-refractivity contribution in [2.24, 2.45) is 0 Å². The van der Waals surface area contributed by atoms with Gasteiger partial charge in [0.1, 0.15) is 11.2 Å². The summed E-state index contributed by atoms with van der Waals surface area (Å²) >= 11 is 0. The Morgan fingerprint density at radius 1 is 0.302 bits per heavy atom. The molecule has 12 aromatic rings. The number of hydrogen-bond acceptors (Lipinski definition) is 2. The van der Waals surface area contributed by atoms with Crippen molar-refractivity contribution in [2.75, 3.05) is 4.90 Å². The Hall–Kier alpha value is -8.40. The molecule has 0 aliphatic heterocycles. The van der Waals surface area contributed by atoms with Gasteiger partial charge in [-0.2, -0.15) is 0 Å². The molecule has 2 aromatic heterocycles. The number of fused-ring (bicyclic) bond motifs is 6. The molecule has 0 bridgehead atoms. The second kappa shape index (κ2) is 15.3. The molecule has 0 amide bonds. The first-order valence-corrected chi connectivity index (χ1v) is 21.5. The van der Waals surface area contributed by atoms with Crippen molar-refractivity contribution in [3.05, 3.63) is 243 Å². The van der Waals surface area contributed by atoms with Crippen molar-refractivity contribution in [3.8, 4) is 50.2 Å². The Bertz CT molecular complexity index is 3550. The van der Waals surface area contributed by atoms with Crippen molar-refractivity contribution >= 4 is 60.8 Å². The van der Waals surface area contributed by atoms with Crippen LogP contribution in [0.4, 0.5) is 17.1 Å². The number of aromatic nitrogens is 1. The molecule has 3 heteroatoms. The maximum absolute atomic E-state index is 6.50. The van der Waals surface area contributed by atoms with Crippen LogP contribution in [-0.2, 0) is 0 Å². The van der Waals surface area contributed by atoms with Crippen LogP contribution in [0, 0.1) is 0 Å². The molecule has 3 nitrogen and oxygen atoms in total. The summed E-state index contributed by atoms with van der Waals surface area (Å²) in [5, 5.41) is 4.76. The number of rotatable bonds is 8.